The van der Waals surface area contributed by atoms with E-state index >= 15 is 0 Å². The number of hydrogen-bond donors (Lipinski definition) is 3. The van der Waals surface area contributed by atoms with Crippen molar-refractivity contribution in [3.05, 3.63) is 27.7 Å². The summed E-state index contributed by atoms with van der Waals surface area (Å²) in [6, 6.07) is 5.66. The van der Waals surface area contributed by atoms with Crippen LogP contribution in [0.15, 0.2) is 27.8 Å². The fraction of sp³-hybridized carbons (Fsp3) is 0.364. The van der Waals surface area contributed by atoms with Crippen LogP contribution >= 0.6 is 27.5 Å². The molecule has 0 aromatic heterocycles. The largest absolute Gasteiger partial charge is 0.409 e. The minimum absolute atomic E-state index is 0.0812. The highest BCUT2D eigenvalue weighted by Gasteiger charge is 2.11. The number of hydrogen-bond acceptors (Lipinski definition) is 3. The second-order valence-electron chi connectivity index (χ2n) is 3.67. The van der Waals surface area contributed by atoms with Gasteiger partial charge in [-0.25, -0.2) is 0 Å². The molecule has 0 aliphatic heterocycles. The number of amidine groups is 1. The standard InChI is InChI=1S/C11H15BrClN3O/c1-2-8(6-11(14)16-17)15-10-5-7(12)3-4-9(10)13/h3-5,8,15,17H,2,6H2,1H3,(H2,14,16). The van der Waals surface area contributed by atoms with Crippen LogP contribution in [0, 0.1) is 0 Å². The molecule has 1 rings (SSSR count). The van der Waals surface area contributed by atoms with E-state index in [1.807, 2.05) is 25.1 Å². The van der Waals surface area contributed by atoms with Gasteiger partial charge in [0.1, 0.15) is 5.84 Å². The van der Waals surface area contributed by atoms with Gasteiger partial charge in [-0.15, -0.1) is 0 Å². The molecular weight excluding hydrogens is 305 g/mol. The van der Waals surface area contributed by atoms with E-state index < -0.39 is 0 Å². The number of anilines is 1. The smallest absolute Gasteiger partial charge is 0.141 e. The average Bonchev–Trinajstić information content (AvgIpc) is 2.32. The summed E-state index contributed by atoms with van der Waals surface area (Å²) in [6.45, 7) is 2.02. The highest BCUT2D eigenvalue weighted by Crippen LogP contribution is 2.27. The van der Waals surface area contributed by atoms with E-state index in [0.717, 1.165) is 16.6 Å². The predicted octanol–water partition coefficient (Wildman–Crippen LogP) is 3.43. The zero-order valence-electron chi connectivity index (χ0n) is 9.45. The zero-order valence-corrected chi connectivity index (χ0v) is 11.8. The lowest BCUT2D eigenvalue weighted by atomic mass is 10.1. The first-order chi connectivity index (χ1) is 8.06. The van der Waals surface area contributed by atoms with Crippen molar-refractivity contribution in [3.8, 4) is 0 Å². The highest BCUT2D eigenvalue weighted by molar-refractivity contribution is 9.10. The summed E-state index contributed by atoms with van der Waals surface area (Å²) in [5.74, 6) is 0.204. The summed E-state index contributed by atoms with van der Waals surface area (Å²) >= 11 is 9.46. The molecule has 4 nitrogen and oxygen atoms in total. The van der Waals surface area contributed by atoms with Crippen molar-refractivity contribution >= 4 is 39.1 Å². The molecule has 0 aliphatic carbocycles. The SMILES string of the molecule is CCC(CC(N)=NO)Nc1cc(Br)ccc1Cl. The van der Waals surface area contributed by atoms with Crippen molar-refractivity contribution in [3.63, 3.8) is 0 Å². The van der Waals surface area contributed by atoms with Gasteiger partial charge >= 0.3 is 0 Å². The molecule has 0 heterocycles. The van der Waals surface area contributed by atoms with Crippen LogP contribution in [-0.4, -0.2) is 17.1 Å². The minimum atomic E-state index is 0.0812. The zero-order chi connectivity index (χ0) is 12.8. The highest BCUT2D eigenvalue weighted by atomic mass is 79.9. The van der Waals surface area contributed by atoms with Crippen molar-refractivity contribution in [2.75, 3.05) is 5.32 Å². The molecule has 0 fully saturated rings. The quantitative estimate of drug-likeness (QED) is 0.337. The molecule has 0 saturated heterocycles. The molecule has 17 heavy (non-hydrogen) atoms. The molecule has 0 amide bonds. The van der Waals surface area contributed by atoms with Crippen LogP contribution in [0.2, 0.25) is 5.02 Å². The molecule has 1 aromatic rings. The molecule has 4 N–H and O–H groups in total. The van der Waals surface area contributed by atoms with Gasteiger partial charge < -0.3 is 16.3 Å². The Morgan fingerprint density at radius 1 is 1.65 bits per heavy atom. The van der Waals surface area contributed by atoms with E-state index in [-0.39, 0.29) is 11.9 Å². The topological polar surface area (TPSA) is 70.6 Å². The molecular formula is C11H15BrClN3O. The average molecular weight is 321 g/mol. The Balaban J connectivity index is 2.76. The number of benzene rings is 1. The number of oxime groups is 1. The van der Waals surface area contributed by atoms with Crippen molar-refractivity contribution in [2.45, 2.75) is 25.8 Å². The lowest BCUT2D eigenvalue weighted by Crippen LogP contribution is -2.26. The number of nitrogens with one attached hydrogen (secondary N) is 1. The fourth-order valence-corrected chi connectivity index (χ4v) is 1.95. The lowest BCUT2D eigenvalue weighted by Gasteiger charge is -2.18. The van der Waals surface area contributed by atoms with Crippen LogP contribution in [0.3, 0.4) is 0 Å². The van der Waals surface area contributed by atoms with Crippen LogP contribution in [0.25, 0.3) is 0 Å². The number of rotatable bonds is 5. The first kappa shape index (κ1) is 14.1. The van der Waals surface area contributed by atoms with Gasteiger partial charge in [0, 0.05) is 16.9 Å². The third kappa shape index (κ3) is 4.44. The summed E-state index contributed by atoms with van der Waals surface area (Å²) in [6.07, 6.45) is 1.31. The Bertz CT molecular complexity index is 412. The first-order valence-corrected chi connectivity index (χ1v) is 6.42. The van der Waals surface area contributed by atoms with Crippen molar-refractivity contribution < 1.29 is 5.21 Å². The molecule has 1 unspecified atom stereocenters. The summed E-state index contributed by atoms with van der Waals surface area (Å²) in [4.78, 5) is 0. The van der Waals surface area contributed by atoms with Gasteiger partial charge in [0.05, 0.1) is 10.7 Å². The Morgan fingerprint density at radius 2 is 2.35 bits per heavy atom. The molecule has 6 heteroatoms. The summed E-state index contributed by atoms with van der Waals surface area (Å²) in [5, 5.41) is 15.4. The number of nitrogens with zero attached hydrogens (tertiary/aromatic N) is 1. The van der Waals surface area contributed by atoms with E-state index in [0.29, 0.717) is 11.4 Å². The van der Waals surface area contributed by atoms with Crippen LogP contribution in [0.4, 0.5) is 5.69 Å². The van der Waals surface area contributed by atoms with E-state index in [9.17, 15) is 0 Å². The normalized spacial score (nSPS) is 13.5. The number of nitrogens with two attached hydrogens (primary N) is 1. The fourth-order valence-electron chi connectivity index (χ4n) is 1.42. The van der Waals surface area contributed by atoms with Gasteiger partial charge in [0.2, 0.25) is 0 Å². The van der Waals surface area contributed by atoms with Crippen LogP contribution < -0.4 is 11.1 Å². The first-order valence-electron chi connectivity index (χ1n) is 5.24. The molecule has 0 spiro atoms. The van der Waals surface area contributed by atoms with E-state index in [1.165, 1.54) is 0 Å². The second kappa shape index (κ2) is 6.71. The van der Waals surface area contributed by atoms with E-state index in [1.54, 1.807) is 0 Å². The van der Waals surface area contributed by atoms with Gasteiger partial charge in [-0.3, -0.25) is 0 Å². The van der Waals surface area contributed by atoms with Crippen molar-refractivity contribution in [1.82, 2.24) is 0 Å². The second-order valence-corrected chi connectivity index (χ2v) is 4.99. The van der Waals surface area contributed by atoms with Crippen LogP contribution in [-0.2, 0) is 0 Å². The molecule has 94 valence electrons. The summed E-state index contributed by atoms with van der Waals surface area (Å²) < 4.78 is 0.947. The Kier molecular flexibility index (Phi) is 5.58. The van der Waals surface area contributed by atoms with Gasteiger partial charge in [-0.2, -0.15) is 0 Å². The number of halogens is 2. The maximum absolute atomic E-state index is 8.55. The van der Waals surface area contributed by atoms with Crippen molar-refractivity contribution in [2.24, 2.45) is 10.9 Å². The summed E-state index contributed by atoms with van der Waals surface area (Å²) in [5.41, 5.74) is 6.32. The van der Waals surface area contributed by atoms with Gasteiger partial charge in [-0.05, 0) is 24.6 Å². The molecule has 1 aromatic carbocycles. The predicted molar refractivity (Wildman–Crippen MR) is 74.9 cm³/mol. The Labute approximate surface area is 114 Å². The summed E-state index contributed by atoms with van der Waals surface area (Å²) in [7, 11) is 0. The van der Waals surface area contributed by atoms with Crippen LogP contribution in [0.5, 0.6) is 0 Å². The van der Waals surface area contributed by atoms with Crippen LogP contribution in [0.1, 0.15) is 19.8 Å². The van der Waals surface area contributed by atoms with Gasteiger partial charge in [-0.1, -0.05) is 39.6 Å². The maximum atomic E-state index is 8.55. The molecule has 0 radical (unpaired) electrons. The van der Waals surface area contributed by atoms with Gasteiger partial charge in [0.15, 0.2) is 0 Å². The molecule has 1 atom stereocenters. The molecule has 0 bridgehead atoms. The third-order valence-corrected chi connectivity index (χ3v) is 3.19. The molecule has 0 saturated carbocycles. The lowest BCUT2D eigenvalue weighted by molar-refractivity contribution is 0.316. The Morgan fingerprint density at radius 3 is 2.94 bits per heavy atom. The van der Waals surface area contributed by atoms with E-state index in [2.05, 4.69) is 26.4 Å². The molecule has 0 aliphatic rings. The van der Waals surface area contributed by atoms with E-state index in [4.69, 9.17) is 22.5 Å². The minimum Gasteiger partial charge on any atom is -0.409 e. The third-order valence-electron chi connectivity index (χ3n) is 2.36. The Hall–Kier alpha value is -0.940. The maximum Gasteiger partial charge on any atom is 0.141 e. The van der Waals surface area contributed by atoms with Crippen molar-refractivity contribution in [1.29, 1.82) is 0 Å². The monoisotopic (exact) mass is 319 g/mol. The van der Waals surface area contributed by atoms with Gasteiger partial charge in [0.25, 0.3) is 0 Å².